The van der Waals surface area contributed by atoms with E-state index in [1.165, 1.54) is 0 Å². The third-order valence-corrected chi connectivity index (χ3v) is 6.07. The van der Waals surface area contributed by atoms with Gasteiger partial charge in [-0.3, -0.25) is 0 Å². The minimum absolute atomic E-state index is 0.0131. The standard InChI is InChI=1S/C25H25BN2O2/c1-26(29)28-17-22-16-23(28)25(30-22)20-12-14-21(15-13-20)27-24(18-8-4-2-5-9-18)19-10-6-3-7-11-19/h2-15,22-23,25,29H,16-17H2,1H3. The second kappa shape index (κ2) is 8.19. The van der Waals surface area contributed by atoms with Crippen molar-refractivity contribution in [3.05, 3.63) is 102 Å². The average molecular weight is 396 g/mol. The van der Waals surface area contributed by atoms with Gasteiger partial charge >= 0.3 is 7.05 Å². The van der Waals surface area contributed by atoms with Gasteiger partial charge < -0.3 is 14.6 Å². The molecule has 2 saturated heterocycles. The van der Waals surface area contributed by atoms with E-state index < -0.39 is 7.05 Å². The maximum atomic E-state index is 10.1. The van der Waals surface area contributed by atoms with Gasteiger partial charge in [-0.1, -0.05) is 72.8 Å². The molecule has 3 unspecified atom stereocenters. The number of benzene rings is 3. The fourth-order valence-electron chi connectivity index (χ4n) is 4.63. The number of fused-ring (bicyclic) bond motifs is 2. The Kier molecular flexibility index (Phi) is 5.25. The molecule has 2 bridgehead atoms. The van der Waals surface area contributed by atoms with Gasteiger partial charge in [0.25, 0.3) is 0 Å². The molecule has 0 saturated carbocycles. The summed E-state index contributed by atoms with van der Waals surface area (Å²) < 4.78 is 6.20. The highest BCUT2D eigenvalue weighted by molar-refractivity contribution is 6.45. The maximum Gasteiger partial charge on any atom is 0.376 e. The quantitative estimate of drug-likeness (QED) is 0.511. The van der Waals surface area contributed by atoms with Gasteiger partial charge in [0.05, 0.1) is 23.6 Å². The summed E-state index contributed by atoms with van der Waals surface area (Å²) >= 11 is 0. The van der Waals surface area contributed by atoms with Crippen LogP contribution in [-0.4, -0.2) is 41.3 Å². The van der Waals surface area contributed by atoms with Crippen LogP contribution in [0.25, 0.3) is 0 Å². The molecule has 3 aromatic rings. The first-order valence-electron chi connectivity index (χ1n) is 10.6. The molecule has 0 spiro atoms. The lowest BCUT2D eigenvalue weighted by Gasteiger charge is -2.34. The number of ether oxygens (including phenoxy) is 1. The van der Waals surface area contributed by atoms with E-state index in [0.717, 1.165) is 41.1 Å². The number of morpholine rings is 1. The van der Waals surface area contributed by atoms with E-state index in [9.17, 15) is 5.02 Å². The molecule has 0 radical (unpaired) electrons. The molecule has 3 aromatic carbocycles. The van der Waals surface area contributed by atoms with Crippen molar-refractivity contribution in [3.8, 4) is 0 Å². The number of hydrogen-bond acceptors (Lipinski definition) is 4. The van der Waals surface area contributed by atoms with Crippen molar-refractivity contribution in [1.29, 1.82) is 0 Å². The van der Waals surface area contributed by atoms with Crippen LogP contribution in [0.15, 0.2) is 89.9 Å². The molecular weight excluding hydrogens is 371 g/mol. The molecule has 2 aliphatic rings. The van der Waals surface area contributed by atoms with E-state index in [2.05, 4.69) is 53.3 Å². The normalized spacial score (nSPS) is 22.8. The smallest absolute Gasteiger partial charge is 0.376 e. The van der Waals surface area contributed by atoms with Crippen molar-refractivity contribution in [3.63, 3.8) is 0 Å². The van der Waals surface area contributed by atoms with Crippen molar-refractivity contribution in [1.82, 2.24) is 4.81 Å². The van der Waals surface area contributed by atoms with Crippen LogP contribution in [-0.2, 0) is 4.74 Å². The van der Waals surface area contributed by atoms with Gasteiger partial charge in [0, 0.05) is 23.7 Å². The van der Waals surface area contributed by atoms with Gasteiger partial charge in [0.15, 0.2) is 0 Å². The molecule has 2 heterocycles. The maximum absolute atomic E-state index is 10.1. The Morgan fingerprint density at radius 3 is 2.07 bits per heavy atom. The van der Waals surface area contributed by atoms with Crippen molar-refractivity contribution in [2.24, 2.45) is 4.99 Å². The highest BCUT2D eigenvalue weighted by Gasteiger charge is 2.48. The van der Waals surface area contributed by atoms with Crippen LogP contribution < -0.4 is 0 Å². The molecule has 2 fully saturated rings. The lowest BCUT2D eigenvalue weighted by atomic mass is 9.82. The zero-order valence-corrected chi connectivity index (χ0v) is 17.1. The molecule has 5 heteroatoms. The fraction of sp³-hybridized carbons (Fsp3) is 0.240. The van der Waals surface area contributed by atoms with Gasteiger partial charge in [-0.25, -0.2) is 4.99 Å². The summed E-state index contributed by atoms with van der Waals surface area (Å²) in [6.45, 7) is 2.66. The Balaban J connectivity index is 1.44. The molecule has 30 heavy (non-hydrogen) atoms. The van der Waals surface area contributed by atoms with Crippen LogP contribution in [0.5, 0.6) is 0 Å². The summed E-state index contributed by atoms with van der Waals surface area (Å²) in [6.07, 6.45) is 1.22. The molecule has 150 valence electrons. The zero-order valence-electron chi connectivity index (χ0n) is 17.1. The van der Waals surface area contributed by atoms with E-state index in [0.29, 0.717) is 0 Å². The first-order valence-corrected chi connectivity index (χ1v) is 10.6. The fourth-order valence-corrected chi connectivity index (χ4v) is 4.63. The van der Waals surface area contributed by atoms with Crippen LogP contribution in [0.3, 0.4) is 0 Å². The highest BCUT2D eigenvalue weighted by Crippen LogP contribution is 2.42. The third-order valence-electron chi connectivity index (χ3n) is 6.07. The predicted octanol–water partition coefficient (Wildman–Crippen LogP) is 4.48. The summed E-state index contributed by atoms with van der Waals surface area (Å²) in [7, 11) is -0.436. The molecule has 1 N–H and O–H groups in total. The minimum Gasteiger partial charge on any atom is -0.437 e. The molecule has 4 nitrogen and oxygen atoms in total. The van der Waals surface area contributed by atoms with Crippen LogP contribution in [0.4, 0.5) is 5.69 Å². The first kappa shape index (κ1) is 19.3. The molecule has 3 atom stereocenters. The number of rotatable bonds is 5. The van der Waals surface area contributed by atoms with E-state index in [1.807, 2.05) is 43.2 Å². The number of aliphatic imine (C=N–C) groups is 1. The Labute approximate surface area is 178 Å². The molecular formula is C25H25BN2O2. The van der Waals surface area contributed by atoms with Gasteiger partial charge in [0.2, 0.25) is 0 Å². The zero-order chi connectivity index (χ0) is 20.5. The summed E-state index contributed by atoms with van der Waals surface area (Å²) in [5, 5.41) is 10.1. The van der Waals surface area contributed by atoms with E-state index >= 15 is 0 Å². The van der Waals surface area contributed by atoms with Gasteiger partial charge in [-0.05, 0) is 30.9 Å². The Bertz CT molecular complexity index is 981. The third kappa shape index (κ3) is 3.72. The summed E-state index contributed by atoms with van der Waals surface area (Å²) in [6, 6.07) is 29.1. The SMILES string of the molecule is CB(O)N1CC2CC1C(c1ccc(N=C(c3ccccc3)c3ccccc3)cc1)O2. The monoisotopic (exact) mass is 396 g/mol. The second-order valence-corrected chi connectivity index (χ2v) is 8.09. The van der Waals surface area contributed by atoms with Crippen LogP contribution in [0.2, 0.25) is 6.82 Å². The second-order valence-electron chi connectivity index (χ2n) is 8.09. The Morgan fingerprint density at radius 2 is 1.53 bits per heavy atom. The number of nitrogens with zero attached hydrogens (tertiary/aromatic N) is 2. The van der Waals surface area contributed by atoms with E-state index in [-0.39, 0.29) is 18.2 Å². The lowest BCUT2D eigenvalue weighted by molar-refractivity contribution is -0.0152. The summed E-state index contributed by atoms with van der Waals surface area (Å²) in [4.78, 5) is 7.13. The van der Waals surface area contributed by atoms with Crippen LogP contribution >= 0.6 is 0 Å². The summed E-state index contributed by atoms with van der Waals surface area (Å²) in [5.41, 5.74) is 5.21. The van der Waals surface area contributed by atoms with Crippen molar-refractivity contribution < 1.29 is 9.76 Å². The molecule has 5 rings (SSSR count). The van der Waals surface area contributed by atoms with Crippen molar-refractivity contribution >= 4 is 18.4 Å². The molecule has 0 aromatic heterocycles. The van der Waals surface area contributed by atoms with Crippen molar-refractivity contribution in [2.45, 2.75) is 31.5 Å². The van der Waals surface area contributed by atoms with Crippen molar-refractivity contribution in [2.75, 3.05) is 6.54 Å². The van der Waals surface area contributed by atoms with E-state index in [4.69, 9.17) is 9.73 Å². The van der Waals surface area contributed by atoms with Crippen LogP contribution in [0.1, 0.15) is 29.2 Å². The van der Waals surface area contributed by atoms with Gasteiger partial charge in [0.1, 0.15) is 0 Å². The lowest BCUT2D eigenvalue weighted by Crippen LogP contribution is -2.46. The van der Waals surface area contributed by atoms with Gasteiger partial charge in [-0.15, -0.1) is 0 Å². The van der Waals surface area contributed by atoms with Crippen LogP contribution in [0, 0.1) is 0 Å². The Morgan fingerprint density at radius 1 is 0.933 bits per heavy atom. The highest BCUT2D eigenvalue weighted by atomic mass is 16.5. The topological polar surface area (TPSA) is 45.1 Å². The average Bonchev–Trinajstić information content (AvgIpc) is 3.41. The molecule has 0 amide bonds. The number of hydrogen-bond donors (Lipinski definition) is 1. The van der Waals surface area contributed by atoms with Gasteiger partial charge in [-0.2, -0.15) is 0 Å². The molecule has 0 aliphatic carbocycles. The predicted molar refractivity (Wildman–Crippen MR) is 121 cm³/mol. The minimum atomic E-state index is -0.436. The Hall–Kier alpha value is -2.73. The largest absolute Gasteiger partial charge is 0.437 e. The first-order chi connectivity index (χ1) is 14.7. The van der Waals surface area contributed by atoms with E-state index in [1.54, 1.807) is 0 Å². The molecule has 2 aliphatic heterocycles. The summed E-state index contributed by atoms with van der Waals surface area (Å²) in [5.74, 6) is 0.